The number of methoxy groups -OCH3 is 1. The van der Waals surface area contributed by atoms with Crippen LogP contribution in [0, 0.1) is 5.92 Å². The minimum Gasteiger partial charge on any atom is -0.493 e. The molecule has 0 unspecified atom stereocenters. The Morgan fingerprint density at radius 2 is 1.94 bits per heavy atom. The predicted molar refractivity (Wildman–Crippen MR) is 63.2 cm³/mol. The maximum atomic E-state index is 10.4. The average Bonchev–Trinajstić information content (AvgIpc) is 2.34. The molecule has 0 fully saturated rings. The molecule has 2 N–H and O–H groups in total. The van der Waals surface area contributed by atoms with Crippen LogP contribution in [0.25, 0.3) is 0 Å². The van der Waals surface area contributed by atoms with Gasteiger partial charge in [-0.15, -0.1) is 0 Å². The second kappa shape index (κ2) is 6.62. The van der Waals surface area contributed by atoms with E-state index in [4.69, 9.17) is 15.2 Å². The van der Waals surface area contributed by atoms with E-state index in [1.807, 2.05) is 31.2 Å². The first-order valence-electron chi connectivity index (χ1n) is 5.31. The molecule has 0 aliphatic carbocycles. The first kappa shape index (κ1) is 13.2. The molecule has 1 aromatic carbocycles. The van der Waals surface area contributed by atoms with Gasteiger partial charge in [0, 0.05) is 5.92 Å². The Balaban J connectivity index is 2.41. The van der Waals surface area contributed by atoms with Gasteiger partial charge in [-0.25, -0.2) is 4.79 Å². The third-order valence-corrected chi connectivity index (χ3v) is 2.10. The Morgan fingerprint density at radius 3 is 2.53 bits per heavy atom. The van der Waals surface area contributed by atoms with Crippen LogP contribution in [0.3, 0.4) is 0 Å². The van der Waals surface area contributed by atoms with E-state index in [-0.39, 0.29) is 12.5 Å². The Bertz CT molecular complexity index is 367. The number of para-hydroxylation sites is 2. The standard InChI is InChI=1S/C12H17NO4/c1-9(8-17-12(13)14)7-16-11-6-4-3-5-10(11)15-2/h3-6,9H,7-8H2,1-2H3,(H2,13,14)/t9-/m1/s1. The number of primary amides is 1. The lowest BCUT2D eigenvalue weighted by Crippen LogP contribution is -2.21. The van der Waals surface area contributed by atoms with Crippen molar-refractivity contribution in [1.82, 2.24) is 0 Å². The molecule has 0 saturated heterocycles. The first-order valence-corrected chi connectivity index (χ1v) is 5.31. The van der Waals surface area contributed by atoms with Gasteiger partial charge in [-0.3, -0.25) is 0 Å². The average molecular weight is 239 g/mol. The molecule has 5 heteroatoms. The quantitative estimate of drug-likeness (QED) is 0.821. The Hall–Kier alpha value is -1.91. The molecule has 1 aromatic rings. The largest absolute Gasteiger partial charge is 0.493 e. The van der Waals surface area contributed by atoms with E-state index >= 15 is 0 Å². The van der Waals surface area contributed by atoms with Gasteiger partial charge in [0.05, 0.1) is 20.3 Å². The van der Waals surface area contributed by atoms with Gasteiger partial charge in [0.15, 0.2) is 11.5 Å². The van der Waals surface area contributed by atoms with Gasteiger partial charge in [0.1, 0.15) is 0 Å². The summed E-state index contributed by atoms with van der Waals surface area (Å²) in [6.45, 7) is 2.57. The number of benzene rings is 1. The van der Waals surface area contributed by atoms with Gasteiger partial charge in [-0.2, -0.15) is 0 Å². The maximum absolute atomic E-state index is 10.4. The lowest BCUT2D eigenvalue weighted by atomic mass is 10.2. The van der Waals surface area contributed by atoms with Crippen LogP contribution in [0.15, 0.2) is 24.3 Å². The summed E-state index contributed by atoms with van der Waals surface area (Å²) in [7, 11) is 1.59. The summed E-state index contributed by atoms with van der Waals surface area (Å²) in [5.74, 6) is 1.41. The highest BCUT2D eigenvalue weighted by atomic mass is 16.5. The number of hydrogen-bond donors (Lipinski definition) is 1. The van der Waals surface area contributed by atoms with Crippen molar-refractivity contribution in [2.45, 2.75) is 6.92 Å². The molecule has 0 aromatic heterocycles. The molecule has 1 atom stereocenters. The van der Waals surface area contributed by atoms with Crippen molar-refractivity contribution in [3.05, 3.63) is 24.3 Å². The van der Waals surface area contributed by atoms with Gasteiger partial charge in [0.25, 0.3) is 0 Å². The topological polar surface area (TPSA) is 70.8 Å². The summed E-state index contributed by atoms with van der Waals surface area (Å²) in [5.41, 5.74) is 4.87. The van der Waals surface area contributed by atoms with Crippen LogP contribution >= 0.6 is 0 Å². The van der Waals surface area contributed by atoms with Crippen LogP contribution in [-0.4, -0.2) is 26.4 Å². The summed E-state index contributed by atoms with van der Waals surface area (Å²) in [6, 6.07) is 7.37. The monoisotopic (exact) mass is 239 g/mol. The van der Waals surface area contributed by atoms with Crippen LogP contribution in [-0.2, 0) is 4.74 Å². The van der Waals surface area contributed by atoms with Crippen molar-refractivity contribution in [1.29, 1.82) is 0 Å². The third-order valence-electron chi connectivity index (χ3n) is 2.10. The van der Waals surface area contributed by atoms with Crippen LogP contribution in [0.5, 0.6) is 11.5 Å². The van der Waals surface area contributed by atoms with E-state index < -0.39 is 6.09 Å². The SMILES string of the molecule is COc1ccccc1OC[C@@H](C)COC(N)=O. The van der Waals surface area contributed by atoms with Crippen LogP contribution in [0.4, 0.5) is 4.79 Å². The highest BCUT2D eigenvalue weighted by Gasteiger charge is 2.08. The molecular weight excluding hydrogens is 222 g/mol. The van der Waals surface area contributed by atoms with Crippen LogP contribution in [0.1, 0.15) is 6.92 Å². The van der Waals surface area contributed by atoms with E-state index in [2.05, 4.69) is 4.74 Å². The molecule has 1 rings (SSSR count). The maximum Gasteiger partial charge on any atom is 0.404 e. The summed E-state index contributed by atoms with van der Waals surface area (Å²) in [4.78, 5) is 10.4. The fourth-order valence-electron chi connectivity index (χ4n) is 1.24. The number of rotatable bonds is 6. The number of ether oxygens (including phenoxy) is 3. The molecule has 17 heavy (non-hydrogen) atoms. The van der Waals surface area contributed by atoms with Gasteiger partial charge < -0.3 is 19.9 Å². The van der Waals surface area contributed by atoms with Crippen molar-refractivity contribution in [3.63, 3.8) is 0 Å². The van der Waals surface area contributed by atoms with Crippen LogP contribution < -0.4 is 15.2 Å². The number of hydrogen-bond acceptors (Lipinski definition) is 4. The zero-order chi connectivity index (χ0) is 12.7. The highest BCUT2D eigenvalue weighted by Crippen LogP contribution is 2.26. The first-order chi connectivity index (χ1) is 8.13. The highest BCUT2D eigenvalue weighted by molar-refractivity contribution is 5.64. The Kier molecular flexibility index (Phi) is 5.13. The van der Waals surface area contributed by atoms with Crippen molar-refractivity contribution in [3.8, 4) is 11.5 Å². The number of carbonyl (C=O) groups excluding carboxylic acids is 1. The molecule has 0 saturated carbocycles. The second-order valence-corrected chi connectivity index (χ2v) is 3.70. The lowest BCUT2D eigenvalue weighted by molar-refractivity contribution is 0.121. The fraction of sp³-hybridized carbons (Fsp3) is 0.417. The molecular formula is C12H17NO4. The molecule has 5 nitrogen and oxygen atoms in total. The van der Waals surface area contributed by atoms with E-state index in [9.17, 15) is 4.79 Å². The molecule has 0 radical (unpaired) electrons. The lowest BCUT2D eigenvalue weighted by Gasteiger charge is -2.14. The number of carbonyl (C=O) groups is 1. The Labute approximate surface area is 100 Å². The van der Waals surface area contributed by atoms with E-state index in [0.717, 1.165) is 0 Å². The number of amides is 1. The van der Waals surface area contributed by atoms with E-state index in [1.165, 1.54) is 0 Å². The van der Waals surface area contributed by atoms with Gasteiger partial charge in [-0.05, 0) is 12.1 Å². The van der Waals surface area contributed by atoms with Crippen molar-refractivity contribution < 1.29 is 19.0 Å². The van der Waals surface area contributed by atoms with E-state index in [1.54, 1.807) is 7.11 Å². The molecule has 1 amide bonds. The molecule has 0 aliphatic rings. The smallest absolute Gasteiger partial charge is 0.404 e. The molecule has 0 spiro atoms. The van der Waals surface area contributed by atoms with E-state index in [0.29, 0.717) is 18.1 Å². The van der Waals surface area contributed by atoms with Gasteiger partial charge in [-0.1, -0.05) is 19.1 Å². The molecule has 0 aliphatic heterocycles. The zero-order valence-corrected chi connectivity index (χ0v) is 10.0. The molecule has 0 heterocycles. The Morgan fingerprint density at radius 1 is 1.29 bits per heavy atom. The minimum absolute atomic E-state index is 0.0624. The molecule has 0 bridgehead atoms. The fourth-order valence-corrected chi connectivity index (χ4v) is 1.24. The van der Waals surface area contributed by atoms with Gasteiger partial charge in [0.2, 0.25) is 0 Å². The molecule has 94 valence electrons. The van der Waals surface area contributed by atoms with Crippen molar-refractivity contribution in [2.24, 2.45) is 11.7 Å². The second-order valence-electron chi connectivity index (χ2n) is 3.70. The third kappa shape index (κ3) is 4.63. The summed E-state index contributed by atoms with van der Waals surface area (Å²) >= 11 is 0. The van der Waals surface area contributed by atoms with Crippen molar-refractivity contribution in [2.75, 3.05) is 20.3 Å². The summed E-state index contributed by atoms with van der Waals surface area (Å²) in [5, 5.41) is 0. The van der Waals surface area contributed by atoms with Crippen LogP contribution in [0.2, 0.25) is 0 Å². The summed E-state index contributed by atoms with van der Waals surface area (Å²) in [6.07, 6.45) is -0.769. The number of nitrogens with two attached hydrogens (primary N) is 1. The summed E-state index contributed by atoms with van der Waals surface area (Å²) < 4.78 is 15.4. The van der Waals surface area contributed by atoms with Gasteiger partial charge >= 0.3 is 6.09 Å². The minimum atomic E-state index is -0.769. The normalized spacial score (nSPS) is 11.6. The van der Waals surface area contributed by atoms with Crippen molar-refractivity contribution >= 4 is 6.09 Å². The predicted octanol–water partition coefficient (Wildman–Crippen LogP) is 1.81. The zero-order valence-electron chi connectivity index (χ0n) is 10.0.